The molecule has 0 spiro atoms. The van der Waals surface area contributed by atoms with Gasteiger partial charge in [-0.2, -0.15) is 5.10 Å². The van der Waals surface area contributed by atoms with Crippen molar-refractivity contribution in [3.8, 4) is 0 Å². The Labute approximate surface area is 167 Å². The van der Waals surface area contributed by atoms with Crippen molar-refractivity contribution in [1.82, 2.24) is 14.8 Å². The van der Waals surface area contributed by atoms with Gasteiger partial charge in [-0.05, 0) is 49.2 Å². The van der Waals surface area contributed by atoms with Crippen molar-refractivity contribution in [1.29, 1.82) is 0 Å². The predicted octanol–water partition coefficient (Wildman–Crippen LogP) is 5.45. The first-order valence-corrected chi connectivity index (χ1v) is 10.1. The first-order chi connectivity index (χ1) is 13.2. The van der Waals surface area contributed by atoms with Gasteiger partial charge in [-0.15, -0.1) is 0 Å². The highest BCUT2D eigenvalue weighted by atomic mass is 35.5. The Morgan fingerprint density at radius 1 is 1.11 bits per heavy atom. The molecule has 1 aliphatic carbocycles. The summed E-state index contributed by atoms with van der Waals surface area (Å²) < 4.78 is 1.94. The molecule has 1 aromatic carbocycles. The largest absolute Gasteiger partial charge is 0.307 e. The van der Waals surface area contributed by atoms with Crippen LogP contribution in [0.3, 0.4) is 0 Å². The molecule has 1 saturated carbocycles. The van der Waals surface area contributed by atoms with Crippen molar-refractivity contribution in [2.75, 3.05) is 5.32 Å². The molecule has 0 aliphatic heterocycles. The number of carbonyl (C=O) groups is 1. The molecule has 4 rings (SSSR count). The van der Waals surface area contributed by atoms with Crippen molar-refractivity contribution >= 4 is 35.1 Å². The first-order valence-electron chi connectivity index (χ1n) is 8.94. The van der Waals surface area contributed by atoms with Crippen LogP contribution in [0.15, 0.2) is 64.8 Å². The normalized spacial score (nSPS) is 14.4. The number of nitrogens with one attached hydrogen (secondary N) is 1. The average molecular weight is 399 g/mol. The quantitative estimate of drug-likeness (QED) is 0.620. The lowest BCUT2D eigenvalue weighted by atomic mass is 10.2. The molecule has 1 aliphatic rings. The van der Waals surface area contributed by atoms with Gasteiger partial charge in [0.05, 0.1) is 17.8 Å². The van der Waals surface area contributed by atoms with Crippen LogP contribution < -0.4 is 5.32 Å². The third-order valence-electron chi connectivity index (χ3n) is 4.63. The molecule has 1 amide bonds. The van der Waals surface area contributed by atoms with Crippen LogP contribution in [0.25, 0.3) is 0 Å². The minimum atomic E-state index is -0.181. The van der Waals surface area contributed by atoms with Crippen LogP contribution in [-0.2, 0) is 0 Å². The summed E-state index contributed by atoms with van der Waals surface area (Å²) in [5, 5.41) is 8.75. The van der Waals surface area contributed by atoms with Gasteiger partial charge in [0.25, 0.3) is 5.91 Å². The van der Waals surface area contributed by atoms with E-state index in [2.05, 4.69) is 15.4 Å². The van der Waals surface area contributed by atoms with Gasteiger partial charge in [0.2, 0.25) is 0 Å². The Bertz CT molecular complexity index is 935. The van der Waals surface area contributed by atoms with E-state index in [0.717, 1.165) is 23.6 Å². The zero-order chi connectivity index (χ0) is 18.6. The number of halogens is 1. The second kappa shape index (κ2) is 8.15. The molecule has 0 saturated heterocycles. The number of pyridine rings is 1. The number of carbonyl (C=O) groups excluding carboxylic acids is 1. The summed E-state index contributed by atoms with van der Waals surface area (Å²) in [6.45, 7) is 0. The molecular formula is C20H19ClN4OS. The highest BCUT2D eigenvalue weighted by molar-refractivity contribution is 7.99. The summed E-state index contributed by atoms with van der Waals surface area (Å²) in [6, 6.07) is 13.3. The summed E-state index contributed by atoms with van der Waals surface area (Å²) in [6.07, 6.45) is 8.06. The van der Waals surface area contributed by atoms with E-state index in [-0.39, 0.29) is 5.91 Å². The van der Waals surface area contributed by atoms with Gasteiger partial charge in [0.1, 0.15) is 10.8 Å². The van der Waals surface area contributed by atoms with Gasteiger partial charge in [-0.1, -0.05) is 36.2 Å². The average Bonchev–Trinajstić information content (AvgIpc) is 3.35. The SMILES string of the molecule is O=C(Nc1ccnn1C1CCCC1)c1cccnc1Sc1ccc(Cl)cc1. The van der Waals surface area contributed by atoms with E-state index in [9.17, 15) is 4.79 Å². The van der Waals surface area contributed by atoms with E-state index < -0.39 is 0 Å². The van der Waals surface area contributed by atoms with Gasteiger partial charge in [-0.3, -0.25) is 4.79 Å². The predicted molar refractivity (Wildman–Crippen MR) is 107 cm³/mol. The van der Waals surface area contributed by atoms with E-state index in [4.69, 9.17) is 11.6 Å². The Balaban J connectivity index is 1.54. The molecule has 3 aromatic rings. The number of hydrogen-bond donors (Lipinski definition) is 1. The smallest absolute Gasteiger partial charge is 0.259 e. The second-order valence-corrected chi connectivity index (χ2v) is 7.96. The molecule has 0 atom stereocenters. The molecule has 0 radical (unpaired) electrons. The summed E-state index contributed by atoms with van der Waals surface area (Å²) in [4.78, 5) is 18.3. The molecule has 0 bridgehead atoms. The topological polar surface area (TPSA) is 59.8 Å². The maximum Gasteiger partial charge on any atom is 0.259 e. The van der Waals surface area contributed by atoms with Crippen LogP contribution >= 0.6 is 23.4 Å². The van der Waals surface area contributed by atoms with E-state index in [1.165, 1.54) is 24.6 Å². The van der Waals surface area contributed by atoms with Crippen LogP contribution in [0.2, 0.25) is 5.02 Å². The number of hydrogen-bond acceptors (Lipinski definition) is 4. The molecule has 1 fully saturated rings. The third kappa shape index (κ3) is 4.17. The fraction of sp³-hybridized carbons (Fsp3) is 0.250. The third-order valence-corrected chi connectivity index (χ3v) is 5.90. The second-order valence-electron chi connectivity index (χ2n) is 6.47. The Morgan fingerprint density at radius 3 is 2.67 bits per heavy atom. The molecule has 0 unspecified atom stereocenters. The standard InChI is InChI=1S/C20H19ClN4OS/c21-14-7-9-16(10-8-14)27-20-17(6-3-12-22-20)19(26)24-18-11-13-23-25(18)15-4-1-2-5-15/h3,6-13,15H,1-2,4-5H2,(H,24,26). The molecule has 2 heterocycles. The molecule has 2 aromatic heterocycles. The minimum Gasteiger partial charge on any atom is -0.307 e. The van der Waals surface area contributed by atoms with Crippen molar-refractivity contribution in [2.24, 2.45) is 0 Å². The van der Waals surface area contributed by atoms with E-state index in [0.29, 0.717) is 21.7 Å². The van der Waals surface area contributed by atoms with Crippen LogP contribution in [0.4, 0.5) is 5.82 Å². The molecule has 7 heteroatoms. The number of anilines is 1. The van der Waals surface area contributed by atoms with Crippen molar-refractivity contribution < 1.29 is 4.79 Å². The molecule has 1 N–H and O–H groups in total. The monoisotopic (exact) mass is 398 g/mol. The van der Waals surface area contributed by atoms with Crippen LogP contribution in [0.1, 0.15) is 42.1 Å². The molecule has 138 valence electrons. The highest BCUT2D eigenvalue weighted by Gasteiger charge is 2.21. The Kier molecular flexibility index (Phi) is 5.45. The van der Waals surface area contributed by atoms with Crippen LogP contribution in [-0.4, -0.2) is 20.7 Å². The number of amides is 1. The first kappa shape index (κ1) is 18.1. The lowest BCUT2D eigenvalue weighted by Gasteiger charge is -2.15. The number of benzene rings is 1. The summed E-state index contributed by atoms with van der Waals surface area (Å²) >= 11 is 7.39. The number of rotatable bonds is 5. The highest BCUT2D eigenvalue weighted by Crippen LogP contribution is 2.32. The maximum atomic E-state index is 12.9. The zero-order valence-corrected chi connectivity index (χ0v) is 16.2. The minimum absolute atomic E-state index is 0.181. The lowest BCUT2D eigenvalue weighted by molar-refractivity contribution is 0.102. The van der Waals surface area contributed by atoms with E-state index in [1.807, 2.05) is 35.0 Å². The Morgan fingerprint density at radius 2 is 1.89 bits per heavy atom. The van der Waals surface area contributed by atoms with Crippen LogP contribution in [0.5, 0.6) is 0 Å². The molecule has 27 heavy (non-hydrogen) atoms. The van der Waals surface area contributed by atoms with Crippen LogP contribution in [0, 0.1) is 0 Å². The number of nitrogens with zero attached hydrogens (tertiary/aromatic N) is 3. The Hall–Kier alpha value is -2.31. The lowest BCUT2D eigenvalue weighted by Crippen LogP contribution is -2.18. The van der Waals surface area contributed by atoms with Gasteiger partial charge >= 0.3 is 0 Å². The molecular weight excluding hydrogens is 380 g/mol. The summed E-state index contributed by atoms with van der Waals surface area (Å²) in [5.41, 5.74) is 0.539. The van der Waals surface area contributed by atoms with Crippen molar-refractivity contribution in [3.63, 3.8) is 0 Å². The van der Waals surface area contributed by atoms with Gasteiger partial charge < -0.3 is 5.32 Å². The summed E-state index contributed by atoms with van der Waals surface area (Å²) in [7, 11) is 0. The van der Waals surface area contributed by atoms with E-state index in [1.54, 1.807) is 24.5 Å². The van der Waals surface area contributed by atoms with Crippen molar-refractivity contribution in [2.45, 2.75) is 41.6 Å². The zero-order valence-electron chi connectivity index (χ0n) is 14.6. The van der Waals surface area contributed by atoms with E-state index >= 15 is 0 Å². The fourth-order valence-electron chi connectivity index (χ4n) is 3.30. The summed E-state index contributed by atoms with van der Waals surface area (Å²) in [5.74, 6) is 0.553. The van der Waals surface area contributed by atoms with Gasteiger partial charge in [0.15, 0.2) is 0 Å². The van der Waals surface area contributed by atoms with Gasteiger partial charge in [-0.25, -0.2) is 9.67 Å². The molecule has 5 nitrogen and oxygen atoms in total. The maximum absolute atomic E-state index is 12.9. The number of aromatic nitrogens is 3. The van der Waals surface area contributed by atoms with Crippen molar-refractivity contribution in [3.05, 3.63) is 65.4 Å². The van der Waals surface area contributed by atoms with Gasteiger partial charge in [0, 0.05) is 22.2 Å². The fourth-order valence-corrected chi connectivity index (χ4v) is 4.30.